The number of anilines is 2. The number of nitrogens with zero attached hydrogens (tertiary/aromatic N) is 2. The first-order valence-electron chi connectivity index (χ1n) is 11.0. The molecule has 1 spiro atoms. The molecule has 6 nitrogen and oxygen atoms in total. The van der Waals surface area contributed by atoms with Gasteiger partial charge in [0.25, 0.3) is 5.91 Å². The quantitative estimate of drug-likeness (QED) is 0.566. The van der Waals surface area contributed by atoms with Crippen molar-refractivity contribution < 1.29 is 18.7 Å². The number of hydrogen-bond donors (Lipinski definition) is 1. The highest BCUT2D eigenvalue weighted by molar-refractivity contribution is 8.01. The molecule has 34 heavy (non-hydrogen) atoms. The number of hydrogen-bond acceptors (Lipinski definition) is 4. The lowest BCUT2D eigenvalue weighted by atomic mass is 10.1. The third-order valence-electron chi connectivity index (χ3n) is 6.14. The summed E-state index contributed by atoms with van der Waals surface area (Å²) in [5, 5.41) is 2.95. The van der Waals surface area contributed by atoms with Crippen molar-refractivity contribution in [3.8, 4) is 5.75 Å². The molecule has 0 unspecified atom stereocenters. The van der Waals surface area contributed by atoms with Gasteiger partial charge in [-0.1, -0.05) is 24.3 Å². The maximum absolute atomic E-state index is 14.0. The van der Waals surface area contributed by atoms with Gasteiger partial charge in [-0.25, -0.2) is 9.18 Å². The lowest BCUT2D eigenvalue weighted by Gasteiger charge is -2.33. The van der Waals surface area contributed by atoms with Gasteiger partial charge < -0.3 is 15.0 Å². The zero-order valence-electron chi connectivity index (χ0n) is 18.9. The second-order valence-corrected chi connectivity index (χ2v) is 9.64. The summed E-state index contributed by atoms with van der Waals surface area (Å²) >= 11 is 1.43. The summed E-state index contributed by atoms with van der Waals surface area (Å²) in [7, 11) is 1.57. The van der Waals surface area contributed by atoms with E-state index in [1.165, 1.54) is 23.9 Å². The Morgan fingerprint density at radius 1 is 1.15 bits per heavy atom. The van der Waals surface area contributed by atoms with Crippen LogP contribution in [-0.2, 0) is 16.2 Å². The van der Waals surface area contributed by atoms with Crippen LogP contribution in [0.25, 0.3) is 0 Å². The number of fused-ring (bicyclic) bond motifs is 2. The summed E-state index contributed by atoms with van der Waals surface area (Å²) in [4.78, 5) is 29.5. The predicted octanol–water partition coefficient (Wildman–Crippen LogP) is 5.12. The zero-order chi connectivity index (χ0) is 23.9. The number of carbonyl (C=O) groups is 2. The number of rotatable bonds is 4. The molecule has 1 saturated heterocycles. The molecule has 8 heteroatoms. The monoisotopic (exact) mass is 477 g/mol. The van der Waals surface area contributed by atoms with E-state index in [-0.39, 0.29) is 24.3 Å². The Bertz CT molecular complexity index is 1280. The Labute approximate surface area is 201 Å². The van der Waals surface area contributed by atoms with Gasteiger partial charge in [0.2, 0.25) is 0 Å². The number of thioether (sulfide) groups is 1. The van der Waals surface area contributed by atoms with E-state index in [1.807, 2.05) is 43.3 Å². The molecule has 3 aromatic carbocycles. The molecule has 5 rings (SSSR count). The molecule has 1 fully saturated rings. The topological polar surface area (TPSA) is 61.9 Å². The molecule has 2 aliphatic rings. The largest absolute Gasteiger partial charge is 0.497 e. The maximum Gasteiger partial charge on any atom is 0.323 e. The van der Waals surface area contributed by atoms with Crippen molar-refractivity contribution in [3.63, 3.8) is 0 Å². The first kappa shape index (κ1) is 22.3. The lowest BCUT2D eigenvalue weighted by Crippen LogP contribution is -2.51. The Balaban J connectivity index is 1.55. The molecule has 3 aromatic rings. The Morgan fingerprint density at radius 2 is 1.97 bits per heavy atom. The first-order chi connectivity index (χ1) is 16.4. The van der Waals surface area contributed by atoms with Crippen LogP contribution in [0.4, 0.5) is 20.6 Å². The van der Waals surface area contributed by atoms with Crippen molar-refractivity contribution in [1.29, 1.82) is 0 Å². The molecule has 2 heterocycles. The van der Waals surface area contributed by atoms with Gasteiger partial charge in [0.1, 0.15) is 11.6 Å². The van der Waals surface area contributed by atoms with Crippen LogP contribution < -0.4 is 15.0 Å². The number of nitrogens with one attached hydrogen (secondary N) is 1. The predicted molar refractivity (Wildman–Crippen MR) is 132 cm³/mol. The number of aryl methyl sites for hydroxylation is 1. The van der Waals surface area contributed by atoms with E-state index in [2.05, 4.69) is 5.32 Å². The number of ether oxygens (including phenoxy) is 1. The fraction of sp³-hybridized carbons (Fsp3) is 0.231. The summed E-state index contributed by atoms with van der Waals surface area (Å²) in [5.41, 5.74) is 3.76. The standard InChI is InChI=1S/C26H24FN3O3S/c1-17-5-3-8-20(13-17)28-25(32)30-11-12-34-26(30)22-15-21(33-2)9-10-23(22)29(24(26)31)16-18-6-4-7-19(27)14-18/h3-10,13-15H,11-12,16H2,1-2H3,(H,28,32)/t26-/m1/s1. The van der Waals surface area contributed by atoms with Crippen molar-refractivity contribution in [2.75, 3.05) is 29.6 Å². The summed E-state index contributed by atoms with van der Waals surface area (Å²) < 4.78 is 19.3. The number of benzene rings is 3. The van der Waals surface area contributed by atoms with Crippen LogP contribution in [0.3, 0.4) is 0 Å². The highest BCUT2D eigenvalue weighted by Crippen LogP contribution is 2.55. The van der Waals surface area contributed by atoms with Gasteiger partial charge in [-0.05, 0) is 60.5 Å². The van der Waals surface area contributed by atoms with Gasteiger partial charge in [-0.3, -0.25) is 9.69 Å². The molecule has 1 atom stereocenters. The Morgan fingerprint density at radius 3 is 2.74 bits per heavy atom. The van der Waals surface area contributed by atoms with E-state index >= 15 is 0 Å². The van der Waals surface area contributed by atoms with Crippen LogP contribution in [0, 0.1) is 12.7 Å². The molecular formula is C26H24FN3O3S. The molecule has 2 aliphatic heterocycles. The minimum absolute atomic E-state index is 0.200. The van der Waals surface area contributed by atoms with E-state index in [1.54, 1.807) is 35.1 Å². The van der Waals surface area contributed by atoms with Gasteiger partial charge >= 0.3 is 6.03 Å². The van der Waals surface area contributed by atoms with Crippen LogP contribution >= 0.6 is 11.8 Å². The summed E-state index contributed by atoms with van der Waals surface area (Å²) in [6.45, 7) is 2.57. The van der Waals surface area contributed by atoms with Crippen LogP contribution in [-0.4, -0.2) is 36.2 Å². The van der Waals surface area contributed by atoms with Crippen LogP contribution in [0.5, 0.6) is 5.75 Å². The zero-order valence-corrected chi connectivity index (χ0v) is 19.7. The number of halogens is 1. The molecule has 0 aliphatic carbocycles. The smallest absolute Gasteiger partial charge is 0.323 e. The van der Waals surface area contributed by atoms with E-state index in [4.69, 9.17) is 4.74 Å². The molecule has 0 radical (unpaired) electrons. The number of carbonyl (C=O) groups excluding carboxylic acids is 2. The Kier molecular flexibility index (Phi) is 5.69. The summed E-state index contributed by atoms with van der Waals surface area (Å²) in [6.07, 6.45) is 0. The van der Waals surface area contributed by atoms with Crippen LogP contribution in [0.2, 0.25) is 0 Å². The van der Waals surface area contributed by atoms with Gasteiger partial charge in [-0.2, -0.15) is 0 Å². The van der Waals surface area contributed by atoms with Crippen molar-refractivity contribution in [3.05, 3.63) is 89.2 Å². The van der Waals surface area contributed by atoms with Crippen LogP contribution in [0.15, 0.2) is 66.7 Å². The third-order valence-corrected chi connectivity index (χ3v) is 7.56. The number of urea groups is 1. The molecule has 0 saturated carbocycles. The Hall–Kier alpha value is -3.52. The fourth-order valence-electron chi connectivity index (χ4n) is 4.61. The average molecular weight is 478 g/mol. The van der Waals surface area contributed by atoms with Gasteiger partial charge in [0, 0.05) is 23.5 Å². The molecule has 1 N–H and O–H groups in total. The highest BCUT2D eigenvalue weighted by atomic mass is 32.2. The van der Waals surface area contributed by atoms with Crippen molar-refractivity contribution in [2.45, 2.75) is 18.3 Å². The van der Waals surface area contributed by atoms with Crippen LogP contribution in [0.1, 0.15) is 16.7 Å². The molecule has 3 amide bonds. The summed E-state index contributed by atoms with van der Waals surface area (Å²) in [6, 6.07) is 18.9. The van der Waals surface area contributed by atoms with E-state index in [0.717, 1.165) is 5.56 Å². The minimum Gasteiger partial charge on any atom is -0.497 e. The minimum atomic E-state index is -1.22. The van der Waals surface area contributed by atoms with Gasteiger partial charge in [0.15, 0.2) is 4.87 Å². The highest BCUT2D eigenvalue weighted by Gasteiger charge is 2.59. The number of amides is 3. The van der Waals surface area contributed by atoms with E-state index < -0.39 is 4.87 Å². The normalized spacial score (nSPS) is 19.0. The maximum atomic E-state index is 14.0. The average Bonchev–Trinajstić information content (AvgIpc) is 3.36. The fourth-order valence-corrected chi connectivity index (χ4v) is 6.06. The third kappa shape index (κ3) is 3.68. The molecule has 0 bridgehead atoms. The van der Waals surface area contributed by atoms with Gasteiger partial charge in [-0.15, -0.1) is 11.8 Å². The van der Waals surface area contributed by atoms with Crippen molar-refractivity contribution >= 4 is 35.1 Å². The number of methoxy groups -OCH3 is 1. The second kappa shape index (κ2) is 8.68. The first-order valence-corrected chi connectivity index (χ1v) is 11.9. The van der Waals surface area contributed by atoms with Crippen molar-refractivity contribution in [2.24, 2.45) is 0 Å². The SMILES string of the molecule is COc1ccc2c(c1)[C@@]1(SCCN1C(=O)Nc1cccc(C)c1)C(=O)N2Cc1cccc(F)c1. The molecular weight excluding hydrogens is 453 g/mol. The van der Waals surface area contributed by atoms with Crippen molar-refractivity contribution in [1.82, 2.24) is 4.90 Å². The molecule has 0 aromatic heterocycles. The lowest BCUT2D eigenvalue weighted by molar-refractivity contribution is -0.123. The molecule has 174 valence electrons. The summed E-state index contributed by atoms with van der Waals surface area (Å²) in [5.74, 6) is 0.632. The second-order valence-electron chi connectivity index (χ2n) is 8.35. The van der Waals surface area contributed by atoms with E-state index in [0.29, 0.717) is 40.5 Å². The van der Waals surface area contributed by atoms with E-state index in [9.17, 15) is 14.0 Å². The van der Waals surface area contributed by atoms with Gasteiger partial charge in [0.05, 0.1) is 19.3 Å².